The van der Waals surface area contributed by atoms with E-state index in [1.165, 1.54) is 25.9 Å². The number of ether oxygens (including phenoxy) is 1. The van der Waals surface area contributed by atoms with E-state index in [2.05, 4.69) is 17.1 Å². The lowest BCUT2D eigenvalue weighted by molar-refractivity contribution is -0.134. The molecule has 0 spiro atoms. The molecule has 0 radical (unpaired) electrons. The Labute approximate surface area is 192 Å². The number of nitrogens with zero attached hydrogens (tertiary/aromatic N) is 1. The summed E-state index contributed by atoms with van der Waals surface area (Å²) in [5, 5.41) is 18.9. The Morgan fingerprint density at radius 3 is 1.97 bits per heavy atom. The largest absolute Gasteiger partial charge is 0.478 e. The molecule has 3 saturated heterocycles. The minimum Gasteiger partial charge on any atom is -0.478 e. The molecule has 8 nitrogen and oxygen atoms in total. The third kappa shape index (κ3) is 6.92. The standard InChI is InChI=1S/C21H24N2O2.C4H4O4/c1-15-20(16-11-13-23(15)14-12-16)22-21(24)17-7-9-19(10-8-17)25-18-5-3-2-4-6-18;5-3(6)1-2-4(7)8/h2-10,15-16,20H,11-14H2,1H3,(H,22,24);1-2H,(H,5,6)(H,7,8). The number of aliphatic carboxylic acids is 2. The van der Waals surface area contributed by atoms with Crippen molar-refractivity contribution in [3.05, 3.63) is 72.3 Å². The van der Waals surface area contributed by atoms with E-state index in [9.17, 15) is 14.4 Å². The molecule has 3 N–H and O–H groups in total. The van der Waals surface area contributed by atoms with Crippen molar-refractivity contribution < 1.29 is 29.3 Å². The van der Waals surface area contributed by atoms with Crippen molar-refractivity contribution in [2.45, 2.75) is 31.8 Å². The summed E-state index contributed by atoms with van der Waals surface area (Å²) in [6, 6.07) is 17.7. The highest BCUT2D eigenvalue weighted by Gasteiger charge is 2.40. The Bertz CT molecular complexity index is 964. The van der Waals surface area contributed by atoms with Gasteiger partial charge in [0.1, 0.15) is 11.5 Å². The van der Waals surface area contributed by atoms with Gasteiger partial charge in [-0.3, -0.25) is 9.69 Å². The summed E-state index contributed by atoms with van der Waals surface area (Å²) in [7, 11) is 0. The Morgan fingerprint density at radius 2 is 1.45 bits per heavy atom. The lowest BCUT2D eigenvalue weighted by atomic mass is 9.79. The van der Waals surface area contributed by atoms with Crippen LogP contribution in [0.15, 0.2) is 66.7 Å². The van der Waals surface area contributed by atoms with Crippen molar-refractivity contribution in [3.8, 4) is 11.5 Å². The Kier molecular flexibility index (Phi) is 8.21. The number of nitrogens with one attached hydrogen (secondary N) is 1. The van der Waals surface area contributed by atoms with E-state index in [4.69, 9.17) is 14.9 Å². The van der Waals surface area contributed by atoms with Gasteiger partial charge in [0.2, 0.25) is 0 Å². The molecular weight excluding hydrogens is 424 g/mol. The van der Waals surface area contributed by atoms with Crippen LogP contribution in [0.25, 0.3) is 0 Å². The van der Waals surface area contributed by atoms with Gasteiger partial charge in [0, 0.05) is 29.8 Å². The average molecular weight is 453 g/mol. The maximum atomic E-state index is 12.6. The summed E-state index contributed by atoms with van der Waals surface area (Å²) < 4.78 is 5.78. The van der Waals surface area contributed by atoms with Crippen LogP contribution in [0, 0.1) is 5.92 Å². The summed E-state index contributed by atoms with van der Waals surface area (Å²) in [4.78, 5) is 34.2. The molecule has 2 aromatic carbocycles. The number of rotatable bonds is 6. The van der Waals surface area contributed by atoms with E-state index < -0.39 is 11.9 Å². The molecule has 0 aliphatic carbocycles. The highest BCUT2D eigenvalue weighted by molar-refractivity contribution is 5.94. The first kappa shape index (κ1) is 24.0. The van der Waals surface area contributed by atoms with Crippen LogP contribution in [-0.4, -0.2) is 58.1 Å². The van der Waals surface area contributed by atoms with E-state index in [0.29, 0.717) is 29.7 Å². The first-order valence-electron chi connectivity index (χ1n) is 10.9. The van der Waals surface area contributed by atoms with Crippen molar-refractivity contribution >= 4 is 17.8 Å². The minimum atomic E-state index is -1.26. The monoisotopic (exact) mass is 452 g/mol. The van der Waals surface area contributed by atoms with E-state index in [-0.39, 0.29) is 11.9 Å². The van der Waals surface area contributed by atoms with Gasteiger partial charge in [0.15, 0.2) is 0 Å². The summed E-state index contributed by atoms with van der Waals surface area (Å²) in [5.41, 5.74) is 0.684. The zero-order chi connectivity index (χ0) is 23.8. The summed E-state index contributed by atoms with van der Waals surface area (Å²) in [5.74, 6) is -0.360. The SMILES string of the molecule is CC1C(NC(=O)c2ccc(Oc3ccccc3)cc2)C2CCN1CC2.O=C(O)C=CC(=O)O. The smallest absolute Gasteiger partial charge is 0.328 e. The second-order valence-corrected chi connectivity index (χ2v) is 8.06. The first-order chi connectivity index (χ1) is 15.8. The van der Waals surface area contributed by atoms with Crippen LogP contribution in [0.1, 0.15) is 30.1 Å². The fraction of sp³-hybridized carbons (Fsp3) is 0.320. The predicted molar refractivity (Wildman–Crippen MR) is 122 cm³/mol. The van der Waals surface area contributed by atoms with Gasteiger partial charge in [-0.1, -0.05) is 18.2 Å². The van der Waals surface area contributed by atoms with E-state index in [0.717, 1.165) is 11.5 Å². The zero-order valence-electron chi connectivity index (χ0n) is 18.4. The van der Waals surface area contributed by atoms with Gasteiger partial charge in [-0.25, -0.2) is 9.59 Å². The number of carboxylic acids is 2. The lowest BCUT2D eigenvalue weighted by Crippen LogP contribution is -2.62. The molecule has 0 aromatic heterocycles. The number of para-hydroxylation sites is 1. The van der Waals surface area contributed by atoms with Crippen LogP contribution in [0.5, 0.6) is 11.5 Å². The quantitative estimate of drug-likeness (QED) is 0.575. The molecule has 2 aromatic rings. The molecule has 5 rings (SSSR count). The van der Waals surface area contributed by atoms with Crippen molar-refractivity contribution in [1.29, 1.82) is 0 Å². The van der Waals surface area contributed by atoms with Gasteiger partial charge in [-0.15, -0.1) is 0 Å². The number of benzene rings is 2. The third-order valence-electron chi connectivity index (χ3n) is 5.94. The number of piperidine rings is 3. The lowest BCUT2D eigenvalue weighted by Gasteiger charge is -2.49. The Morgan fingerprint density at radius 1 is 0.909 bits per heavy atom. The van der Waals surface area contributed by atoms with Gasteiger partial charge in [-0.05, 0) is 75.2 Å². The number of carboxylic acid groups (broad SMARTS) is 2. The number of fused-ring (bicyclic) bond motifs is 3. The van der Waals surface area contributed by atoms with Crippen LogP contribution in [0.2, 0.25) is 0 Å². The van der Waals surface area contributed by atoms with Gasteiger partial charge in [0.25, 0.3) is 5.91 Å². The number of amides is 1. The molecule has 3 heterocycles. The van der Waals surface area contributed by atoms with Crippen molar-refractivity contribution in [3.63, 3.8) is 0 Å². The second-order valence-electron chi connectivity index (χ2n) is 8.06. The first-order valence-corrected chi connectivity index (χ1v) is 10.9. The molecule has 174 valence electrons. The molecule has 3 aliphatic rings. The van der Waals surface area contributed by atoms with Crippen molar-refractivity contribution in [2.24, 2.45) is 5.92 Å². The van der Waals surface area contributed by atoms with Gasteiger partial charge < -0.3 is 20.3 Å². The molecule has 3 fully saturated rings. The number of hydrogen-bond acceptors (Lipinski definition) is 5. The molecule has 2 bridgehead atoms. The summed E-state index contributed by atoms with van der Waals surface area (Å²) >= 11 is 0. The molecular formula is C25H28N2O6. The highest BCUT2D eigenvalue weighted by Crippen LogP contribution is 2.32. The van der Waals surface area contributed by atoms with Crippen molar-refractivity contribution in [1.82, 2.24) is 10.2 Å². The van der Waals surface area contributed by atoms with Gasteiger partial charge >= 0.3 is 11.9 Å². The molecule has 3 aliphatic heterocycles. The molecule has 2 atom stereocenters. The van der Waals surface area contributed by atoms with Crippen LogP contribution in [0.4, 0.5) is 0 Å². The van der Waals surface area contributed by atoms with E-state index in [1.54, 1.807) is 0 Å². The van der Waals surface area contributed by atoms with Crippen LogP contribution in [-0.2, 0) is 9.59 Å². The molecule has 33 heavy (non-hydrogen) atoms. The summed E-state index contributed by atoms with van der Waals surface area (Å²) in [6.07, 6.45) is 3.50. The zero-order valence-corrected chi connectivity index (χ0v) is 18.4. The number of carbonyl (C=O) groups excluding carboxylic acids is 1. The fourth-order valence-electron chi connectivity index (χ4n) is 4.22. The average Bonchev–Trinajstić information content (AvgIpc) is 2.82. The fourth-order valence-corrected chi connectivity index (χ4v) is 4.22. The van der Waals surface area contributed by atoms with E-state index in [1.807, 2.05) is 54.6 Å². The van der Waals surface area contributed by atoms with Crippen molar-refractivity contribution in [2.75, 3.05) is 13.1 Å². The minimum absolute atomic E-state index is 0.0110. The third-order valence-corrected chi connectivity index (χ3v) is 5.94. The maximum Gasteiger partial charge on any atom is 0.328 e. The van der Waals surface area contributed by atoms with Crippen LogP contribution >= 0.6 is 0 Å². The predicted octanol–water partition coefficient (Wildman–Crippen LogP) is 3.40. The van der Waals surface area contributed by atoms with Gasteiger partial charge in [0.05, 0.1) is 0 Å². The molecule has 0 saturated carbocycles. The second kappa shape index (κ2) is 11.3. The topological polar surface area (TPSA) is 116 Å². The molecule has 1 amide bonds. The normalized spacial score (nSPS) is 23.3. The number of carbonyl (C=O) groups is 3. The van der Waals surface area contributed by atoms with E-state index >= 15 is 0 Å². The molecule has 8 heteroatoms. The Balaban J connectivity index is 0.000000331. The molecule has 2 unspecified atom stereocenters. The Hall–Kier alpha value is -3.65. The van der Waals surface area contributed by atoms with Crippen LogP contribution in [0.3, 0.4) is 0 Å². The number of hydrogen-bond donors (Lipinski definition) is 3. The van der Waals surface area contributed by atoms with Crippen LogP contribution < -0.4 is 10.1 Å². The summed E-state index contributed by atoms with van der Waals surface area (Å²) in [6.45, 7) is 4.57. The van der Waals surface area contributed by atoms with Gasteiger partial charge in [-0.2, -0.15) is 0 Å². The highest BCUT2D eigenvalue weighted by atomic mass is 16.5. The maximum absolute atomic E-state index is 12.6.